The van der Waals surface area contributed by atoms with Gasteiger partial charge < -0.3 is 14.1 Å². The van der Waals surface area contributed by atoms with E-state index < -0.39 is 5.63 Å². The molecule has 0 aliphatic heterocycles. The fraction of sp³-hybridized carbons (Fsp3) is 0.130. The smallest absolute Gasteiger partial charge is 0.349 e. The van der Waals surface area contributed by atoms with Crippen molar-refractivity contribution in [2.24, 2.45) is 0 Å². The van der Waals surface area contributed by atoms with Gasteiger partial charge in [-0.05, 0) is 36.6 Å². The van der Waals surface area contributed by atoms with Crippen LogP contribution >= 0.6 is 0 Å². The number of benzene rings is 3. The second kappa shape index (κ2) is 7.19. The molecule has 140 valence electrons. The third-order valence-electron chi connectivity index (χ3n) is 4.79. The number of hydrogen-bond acceptors (Lipinski definition) is 4. The Morgan fingerprint density at radius 1 is 1.00 bits per heavy atom. The minimum absolute atomic E-state index is 0.00690. The molecule has 1 amide bonds. The lowest BCUT2D eigenvalue weighted by molar-refractivity contribution is 0.0985. The van der Waals surface area contributed by atoms with Crippen LogP contribution in [-0.4, -0.2) is 19.6 Å². The van der Waals surface area contributed by atoms with E-state index in [9.17, 15) is 9.59 Å². The van der Waals surface area contributed by atoms with E-state index in [0.29, 0.717) is 23.3 Å². The Hall–Kier alpha value is -3.60. The van der Waals surface area contributed by atoms with Crippen molar-refractivity contribution >= 4 is 33.3 Å². The molecule has 0 unspecified atom stereocenters. The molecule has 0 radical (unpaired) electrons. The number of rotatable bonds is 4. The fourth-order valence-corrected chi connectivity index (χ4v) is 3.38. The number of amides is 1. The first-order valence-electron chi connectivity index (χ1n) is 9.04. The quantitative estimate of drug-likeness (QED) is 0.490. The Labute approximate surface area is 161 Å². The first-order valence-corrected chi connectivity index (χ1v) is 9.04. The Morgan fingerprint density at radius 3 is 2.57 bits per heavy atom. The lowest BCUT2D eigenvalue weighted by Gasteiger charge is -2.22. The first-order chi connectivity index (χ1) is 13.6. The average Bonchev–Trinajstić information content (AvgIpc) is 2.73. The van der Waals surface area contributed by atoms with Crippen molar-refractivity contribution in [2.45, 2.75) is 6.92 Å². The summed E-state index contributed by atoms with van der Waals surface area (Å²) in [5, 5.41) is 2.65. The molecule has 28 heavy (non-hydrogen) atoms. The second-order valence-electron chi connectivity index (χ2n) is 6.40. The molecule has 0 spiro atoms. The van der Waals surface area contributed by atoms with E-state index in [1.165, 1.54) is 0 Å². The Bertz CT molecular complexity index is 1240. The maximum Gasteiger partial charge on any atom is 0.349 e. The SMILES string of the molecule is CCN(C(=O)c1cc2ccc(OC)cc2oc1=O)c1cccc2ccccc12. The fourth-order valence-electron chi connectivity index (χ4n) is 3.38. The highest BCUT2D eigenvalue weighted by Crippen LogP contribution is 2.28. The number of anilines is 1. The normalized spacial score (nSPS) is 10.9. The number of carbonyl (C=O) groups excluding carboxylic acids is 1. The van der Waals surface area contributed by atoms with Crippen LogP contribution in [0.25, 0.3) is 21.7 Å². The van der Waals surface area contributed by atoms with E-state index in [2.05, 4.69) is 0 Å². The first kappa shape index (κ1) is 17.8. The van der Waals surface area contributed by atoms with Crippen LogP contribution in [-0.2, 0) is 0 Å². The molecule has 0 N–H and O–H groups in total. The molecule has 4 aromatic rings. The van der Waals surface area contributed by atoms with Gasteiger partial charge >= 0.3 is 5.63 Å². The van der Waals surface area contributed by atoms with Crippen LogP contribution in [0.15, 0.2) is 75.9 Å². The highest BCUT2D eigenvalue weighted by molar-refractivity contribution is 6.11. The lowest BCUT2D eigenvalue weighted by atomic mass is 10.1. The molecular weight excluding hydrogens is 354 g/mol. The van der Waals surface area contributed by atoms with Gasteiger partial charge in [0.2, 0.25) is 0 Å². The summed E-state index contributed by atoms with van der Waals surface area (Å²) < 4.78 is 10.5. The molecule has 0 aliphatic carbocycles. The van der Waals surface area contributed by atoms with Crippen LogP contribution < -0.4 is 15.3 Å². The van der Waals surface area contributed by atoms with Crippen molar-refractivity contribution in [3.8, 4) is 5.75 Å². The van der Waals surface area contributed by atoms with Gasteiger partial charge in [0, 0.05) is 23.4 Å². The van der Waals surface area contributed by atoms with Gasteiger partial charge in [-0.2, -0.15) is 0 Å². The monoisotopic (exact) mass is 373 g/mol. The number of nitrogens with zero attached hydrogens (tertiary/aromatic N) is 1. The van der Waals surface area contributed by atoms with Crippen molar-refractivity contribution in [1.29, 1.82) is 0 Å². The zero-order valence-electron chi connectivity index (χ0n) is 15.6. The van der Waals surface area contributed by atoms with Crippen molar-refractivity contribution in [1.82, 2.24) is 0 Å². The van der Waals surface area contributed by atoms with Gasteiger partial charge in [-0.1, -0.05) is 36.4 Å². The largest absolute Gasteiger partial charge is 0.497 e. The van der Waals surface area contributed by atoms with E-state index in [4.69, 9.17) is 9.15 Å². The van der Waals surface area contributed by atoms with E-state index in [0.717, 1.165) is 16.5 Å². The molecule has 5 heteroatoms. The van der Waals surface area contributed by atoms with Crippen molar-refractivity contribution in [3.05, 3.63) is 82.7 Å². The van der Waals surface area contributed by atoms with Crippen LogP contribution in [0.1, 0.15) is 17.3 Å². The van der Waals surface area contributed by atoms with Crippen LogP contribution in [0.5, 0.6) is 5.75 Å². The van der Waals surface area contributed by atoms with Crippen LogP contribution in [0, 0.1) is 0 Å². The number of ether oxygens (including phenoxy) is 1. The summed E-state index contributed by atoms with van der Waals surface area (Å²) >= 11 is 0. The van der Waals surface area contributed by atoms with Gasteiger partial charge in [-0.15, -0.1) is 0 Å². The predicted molar refractivity (Wildman–Crippen MR) is 110 cm³/mol. The van der Waals surface area contributed by atoms with E-state index >= 15 is 0 Å². The summed E-state index contributed by atoms with van der Waals surface area (Å²) in [6.45, 7) is 2.31. The van der Waals surface area contributed by atoms with Gasteiger partial charge in [-0.3, -0.25) is 4.79 Å². The van der Waals surface area contributed by atoms with Gasteiger partial charge in [0.15, 0.2) is 0 Å². The van der Waals surface area contributed by atoms with Crippen molar-refractivity contribution in [2.75, 3.05) is 18.6 Å². The molecule has 0 fully saturated rings. The highest BCUT2D eigenvalue weighted by atomic mass is 16.5. The summed E-state index contributed by atoms with van der Waals surface area (Å²) in [5.74, 6) is 0.200. The van der Waals surface area contributed by atoms with Gasteiger partial charge in [-0.25, -0.2) is 4.79 Å². The molecule has 0 atom stereocenters. The molecule has 3 aromatic carbocycles. The lowest BCUT2D eigenvalue weighted by Crippen LogP contribution is -2.34. The minimum Gasteiger partial charge on any atom is -0.497 e. The minimum atomic E-state index is -0.663. The predicted octanol–water partition coefficient (Wildman–Crippen LogP) is 4.62. The van der Waals surface area contributed by atoms with E-state index in [1.54, 1.807) is 36.3 Å². The summed E-state index contributed by atoms with van der Waals surface area (Å²) in [5.41, 5.74) is 0.492. The summed E-state index contributed by atoms with van der Waals surface area (Å²) in [6.07, 6.45) is 0. The zero-order valence-corrected chi connectivity index (χ0v) is 15.6. The standard InChI is InChI=1S/C23H19NO4/c1-3-24(20-10-6-8-15-7-4-5-9-18(15)20)22(25)19-13-16-11-12-17(27-2)14-21(16)28-23(19)26/h4-14H,3H2,1-2H3. The molecular formula is C23H19NO4. The average molecular weight is 373 g/mol. The summed E-state index contributed by atoms with van der Waals surface area (Å²) in [6, 6.07) is 20.4. The van der Waals surface area contributed by atoms with Crippen LogP contribution in [0.3, 0.4) is 0 Å². The number of fused-ring (bicyclic) bond motifs is 2. The summed E-state index contributed by atoms with van der Waals surface area (Å²) in [7, 11) is 1.54. The van der Waals surface area contributed by atoms with Gasteiger partial charge in [0.05, 0.1) is 12.8 Å². The molecule has 0 saturated heterocycles. The van der Waals surface area contributed by atoms with E-state index in [-0.39, 0.29) is 11.5 Å². The molecule has 1 heterocycles. The second-order valence-corrected chi connectivity index (χ2v) is 6.40. The number of hydrogen-bond donors (Lipinski definition) is 0. The maximum absolute atomic E-state index is 13.2. The Kier molecular flexibility index (Phi) is 4.57. The molecule has 0 bridgehead atoms. The van der Waals surface area contributed by atoms with Crippen LogP contribution in [0.4, 0.5) is 5.69 Å². The van der Waals surface area contributed by atoms with Crippen molar-refractivity contribution in [3.63, 3.8) is 0 Å². The highest BCUT2D eigenvalue weighted by Gasteiger charge is 2.22. The zero-order chi connectivity index (χ0) is 19.7. The third-order valence-corrected chi connectivity index (χ3v) is 4.79. The number of carbonyl (C=O) groups is 1. The van der Waals surface area contributed by atoms with E-state index in [1.807, 2.05) is 49.4 Å². The topological polar surface area (TPSA) is 59.8 Å². The Balaban J connectivity index is 1.83. The molecule has 1 aromatic heterocycles. The number of methoxy groups -OCH3 is 1. The molecule has 0 saturated carbocycles. The molecule has 4 rings (SSSR count). The summed E-state index contributed by atoms with van der Waals surface area (Å²) in [4.78, 5) is 27.4. The molecule has 5 nitrogen and oxygen atoms in total. The third kappa shape index (κ3) is 3.01. The maximum atomic E-state index is 13.2. The van der Waals surface area contributed by atoms with Gasteiger partial charge in [0.25, 0.3) is 5.91 Å². The Morgan fingerprint density at radius 2 is 1.79 bits per heavy atom. The van der Waals surface area contributed by atoms with Crippen LogP contribution in [0.2, 0.25) is 0 Å². The van der Waals surface area contributed by atoms with Gasteiger partial charge in [0.1, 0.15) is 16.9 Å². The van der Waals surface area contributed by atoms with Crippen molar-refractivity contribution < 1.29 is 13.9 Å². The molecule has 0 aliphatic rings.